The monoisotopic (exact) mass is 446 g/mol. The molecule has 0 amide bonds. The first-order valence-corrected chi connectivity index (χ1v) is 10.1. The molecule has 0 fully saturated rings. The first kappa shape index (κ1) is 20.4. The maximum absolute atomic E-state index is 12.0. The Balaban J connectivity index is 1.49. The van der Waals surface area contributed by atoms with E-state index < -0.39 is 10.9 Å². The van der Waals surface area contributed by atoms with Crippen molar-refractivity contribution in [1.29, 1.82) is 0 Å². The summed E-state index contributed by atoms with van der Waals surface area (Å²) in [6, 6.07) is 9.40. The lowest BCUT2D eigenvalue weighted by atomic mass is 10.0. The lowest BCUT2D eigenvalue weighted by Gasteiger charge is -2.27. The van der Waals surface area contributed by atoms with Gasteiger partial charge in [0, 0.05) is 29.3 Å². The van der Waals surface area contributed by atoms with Crippen molar-refractivity contribution in [3.63, 3.8) is 0 Å². The second-order valence-electron chi connectivity index (χ2n) is 7.41. The van der Waals surface area contributed by atoms with Gasteiger partial charge in [0.15, 0.2) is 0 Å². The molecule has 0 saturated carbocycles. The number of nitrogens with zero attached hydrogens (tertiary/aromatic N) is 5. The number of methoxy groups -OCH3 is 1. The van der Waals surface area contributed by atoms with Gasteiger partial charge in [-0.05, 0) is 24.1 Å². The predicted molar refractivity (Wildman–Crippen MR) is 117 cm³/mol. The zero-order chi connectivity index (χ0) is 22.9. The van der Waals surface area contributed by atoms with Crippen LogP contribution in [0.3, 0.4) is 0 Å². The minimum Gasteiger partial charge on any atom is -0.465 e. The fourth-order valence-electron chi connectivity index (χ4n) is 4.01. The molecule has 1 N–H and O–H groups in total. The number of carbonyl (C=O) groups is 1. The number of aromatic amines is 1. The van der Waals surface area contributed by atoms with Crippen molar-refractivity contribution in [2.75, 3.05) is 18.6 Å². The molecule has 33 heavy (non-hydrogen) atoms. The lowest BCUT2D eigenvalue weighted by molar-refractivity contribution is -0.385. The number of anilines is 1. The molecule has 1 aromatic carbocycles. The van der Waals surface area contributed by atoms with Crippen LogP contribution in [-0.4, -0.2) is 44.5 Å². The average Bonchev–Trinajstić information content (AvgIpc) is 3.21. The van der Waals surface area contributed by atoms with E-state index in [0.29, 0.717) is 19.5 Å². The van der Waals surface area contributed by atoms with Crippen molar-refractivity contribution in [2.24, 2.45) is 0 Å². The second-order valence-corrected chi connectivity index (χ2v) is 7.41. The van der Waals surface area contributed by atoms with Crippen molar-refractivity contribution in [1.82, 2.24) is 19.9 Å². The molecule has 4 heterocycles. The van der Waals surface area contributed by atoms with Crippen molar-refractivity contribution in [3.05, 3.63) is 76.0 Å². The number of rotatable bonds is 5. The smallest absolute Gasteiger partial charge is 0.373 e. The van der Waals surface area contributed by atoms with Crippen LogP contribution in [0.2, 0.25) is 0 Å². The molecule has 0 spiro atoms. The van der Waals surface area contributed by atoms with Crippen LogP contribution in [0.15, 0.2) is 49.1 Å². The Kier molecular flexibility index (Phi) is 5.05. The predicted octanol–water partition coefficient (Wildman–Crippen LogP) is 3.40. The summed E-state index contributed by atoms with van der Waals surface area (Å²) in [4.78, 5) is 40.5. The molecule has 0 saturated heterocycles. The van der Waals surface area contributed by atoms with Gasteiger partial charge in [0.25, 0.3) is 0 Å². The molecule has 5 rings (SSSR count). The number of carbonyl (C=O) groups excluding carboxylic acids is 1. The molecule has 0 aliphatic carbocycles. The standard InChI is InChI=1S/C22H18N6O5/c1-32-22(29)13-8-14(10-23-9-13)33-21-19(28(30)31)20(24-12-25-21)27-7-6-16-15-4-2-3-5-17(15)26-18(16)11-27/h2-5,8-10,12,26H,6-7,11H2,1H3. The number of aromatic nitrogens is 4. The molecule has 1 aliphatic heterocycles. The van der Waals surface area contributed by atoms with Gasteiger partial charge in [-0.1, -0.05) is 18.2 Å². The summed E-state index contributed by atoms with van der Waals surface area (Å²) in [5.41, 5.74) is 3.02. The molecular weight excluding hydrogens is 428 g/mol. The van der Waals surface area contributed by atoms with Gasteiger partial charge in [-0.3, -0.25) is 15.1 Å². The third-order valence-corrected chi connectivity index (χ3v) is 5.48. The van der Waals surface area contributed by atoms with E-state index in [1.54, 1.807) is 0 Å². The van der Waals surface area contributed by atoms with Gasteiger partial charge < -0.3 is 19.4 Å². The lowest BCUT2D eigenvalue weighted by Crippen LogP contribution is -2.31. The highest BCUT2D eigenvalue weighted by atomic mass is 16.6. The van der Waals surface area contributed by atoms with Gasteiger partial charge in [-0.15, -0.1) is 0 Å². The average molecular weight is 446 g/mol. The molecule has 0 bridgehead atoms. The van der Waals surface area contributed by atoms with Gasteiger partial charge in [-0.25, -0.2) is 9.78 Å². The Morgan fingerprint density at radius 3 is 2.91 bits per heavy atom. The summed E-state index contributed by atoms with van der Waals surface area (Å²) in [6.45, 7) is 0.978. The summed E-state index contributed by atoms with van der Waals surface area (Å²) in [5, 5.41) is 13.2. The summed E-state index contributed by atoms with van der Waals surface area (Å²) in [6.07, 6.45) is 4.57. The molecule has 166 valence electrons. The first-order valence-electron chi connectivity index (χ1n) is 10.1. The van der Waals surface area contributed by atoms with Gasteiger partial charge >= 0.3 is 17.5 Å². The molecule has 4 aromatic rings. The number of ether oxygens (including phenoxy) is 2. The Morgan fingerprint density at radius 2 is 2.09 bits per heavy atom. The van der Waals surface area contributed by atoms with Crippen LogP contribution >= 0.6 is 0 Å². The molecule has 3 aromatic heterocycles. The van der Waals surface area contributed by atoms with E-state index in [1.807, 2.05) is 23.1 Å². The highest BCUT2D eigenvalue weighted by Crippen LogP contribution is 2.38. The third-order valence-electron chi connectivity index (χ3n) is 5.48. The zero-order valence-corrected chi connectivity index (χ0v) is 17.5. The molecule has 0 radical (unpaired) electrons. The van der Waals surface area contributed by atoms with Gasteiger partial charge in [0.1, 0.15) is 12.1 Å². The minimum absolute atomic E-state index is 0.113. The molecule has 11 nitrogen and oxygen atoms in total. The van der Waals surface area contributed by atoms with Gasteiger partial charge in [-0.2, -0.15) is 4.98 Å². The Bertz CT molecular complexity index is 1380. The summed E-state index contributed by atoms with van der Waals surface area (Å²) in [7, 11) is 1.24. The molecule has 11 heteroatoms. The molecule has 0 unspecified atom stereocenters. The van der Waals surface area contributed by atoms with E-state index in [-0.39, 0.29) is 28.7 Å². The molecular formula is C22H18N6O5. The van der Waals surface area contributed by atoms with Crippen LogP contribution in [0.1, 0.15) is 21.6 Å². The van der Waals surface area contributed by atoms with Gasteiger partial charge in [0.2, 0.25) is 5.82 Å². The molecule has 1 aliphatic rings. The van der Waals surface area contributed by atoms with Crippen LogP contribution in [0.4, 0.5) is 11.5 Å². The normalized spacial score (nSPS) is 12.9. The van der Waals surface area contributed by atoms with E-state index in [4.69, 9.17) is 4.74 Å². The number of benzene rings is 1. The molecule has 0 atom stereocenters. The highest BCUT2D eigenvalue weighted by molar-refractivity contribution is 5.89. The Hall–Kier alpha value is -4.54. The van der Waals surface area contributed by atoms with Crippen LogP contribution in [0.25, 0.3) is 10.9 Å². The first-order chi connectivity index (χ1) is 16.0. The number of esters is 1. The number of hydrogen-bond acceptors (Lipinski definition) is 9. The minimum atomic E-state index is -0.603. The van der Waals surface area contributed by atoms with Crippen molar-refractivity contribution < 1.29 is 19.2 Å². The summed E-state index contributed by atoms with van der Waals surface area (Å²) < 4.78 is 10.3. The van der Waals surface area contributed by atoms with Crippen molar-refractivity contribution >= 4 is 28.4 Å². The SMILES string of the molecule is COC(=O)c1cncc(Oc2ncnc(N3CCc4c([nH]c5ccccc45)C3)c2[N+](=O)[O-])c1. The van der Waals surface area contributed by atoms with Crippen molar-refractivity contribution in [3.8, 4) is 11.6 Å². The number of pyridine rings is 1. The number of nitrogens with one attached hydrogen (secondary N) is 1. The van der Waals surface area contributed by atoms with Gasteiger partial charge in [0.05, 0.1) is 30.3 Å². The van der Waals surface area contributed by atoms with E-state index >= 15 is 0 Å². The summed E-state index contributed by atoms with van der Waals surface area (Å²) >= 11 is 0. The Morgan fingerprint density at radius 1 is 1.24 bits per heavy atom. The highest BCUT2D eigenvalue weighted by Gasteiger charge is 2.31. The zero-order valence-electron chi connectivity index (χ0n) is 17.5. The number of H-pyrrole nitrogens is 1. The van der Waals surface area contributed by atoms with Crippen molar-refractivity contribution in [2.45, 2.75) is 13.0 Å². The van der Waals surface area contributed by atoms with Crippen LogP contribution < -0.4 is 9.64 Å². The van der Waals surface area contributed by atoms with Crippen LogP contribution in [-0.2, 0) is 17.7 Å². The fourth-order valence-corrected chi connectivity index (χ4v) is 4.01. The summed E-state index contributed by atoms with van der Waals surface area (Å²) in [5.74, 6) is -0.571. The van der Waals surface area contributed by atoms with E-state index in [1.165, 1.54) is 37.5 Å². The maximum atomic E-state index is 12.0. The topological polar surface area (TPSA) is 136 Å². The Labute approximate surface area is 187 Å². The quantitative estimate of drug-likeness (QED) is 0.278. The van der Waals surface area contributed by atoms with E-state index in [0.717, 1.165) is 16.6 Å². The second kappa shape index (κ2) is 8.19. The number of para-hydroxylation sites is 1. The van der Waals surface area contributed by atoms with E-state index in [2.05, 4.69) is 30.7 Å². The number of fused-ring (bicyclic) bond motifs is 3. The fraction of sp³-hybridized carbons (Fsp3) is 0.182. The van der Waals surface area contributed by atoms with E-state index in [9.17, 15) is 14.9 Å². The maximum Gasteiger partial charge on any atom is 0.373 e. The van der Waals surface area contributed by atoms with Crippen LogP contribution in [0, 0.1) is 10.1 Å². The largest absolute Gasteiger partial charge is 0.465 e. The third kappa shape index (κ3) is 3.69. The van der Waals surface area contributed by atoms with Crippen LogP contribution in [0.5, 0.6) is 11.6 Å². The number of nitro groups is 1. The number of hydrogen-bond donors (Lipinski definition) is 1.